The third-order valence-electron chi connectivity index (χ3n) is 2.72. The Bertz CT molecular complexity index is 633. The Morgan fingerprint density at radius 3 is 1.90 bits per heavy atom. The quantitative estimate of drug-likeness (QED) is 0.456. The summed E-state index contributed by atoms with van der Waals surface area (Å²) in [4.78, 5) is 25.0. The monoisotopic (exact) mass is 304 g/mol. The Labute approximate surface area is 126 Å². The van der Waals surface area contributed by atoms with Crippen LogP contribution >= 0.6 is 0 Å². The number of rotatable bonds is 3. The van der Waals surface area contributed by atoms with E-state index in [1.54, 1.807) is 6.92 Å². The molecule has 0 aromatic rings. The van der Waals surface area contributed by atoms with Gasteiger partial charge >= 0.3 is 0 Å². The second-order valence-corrected chi connectivity index (χ2v) is 10.5. The van der Waals surface area contributed by atoms with Gasteiger partial charge in [-0.1, -0.05) is 32.1 Å². The number of allylic oxidation sites excluding steroid dienone is 3. The molecule has 0 aliphatic heterocycles. The maximum Gasteiger partial charge on any atom is 0.240 e. The summed E-state index contributed by atoms with van der Waals surface area (Å²) in [5, 5.41) is 0. The molecule has 0 atom stereocenters. The summed E-state index contributed by atoms with van der Waals surface area (Å²) in [6.45, 7) is 11.6. The van der Waals surface area contributed by atoms with E-state index in [9.17, 15) is 9.59 Å². The van der Waals surface area contributed by atoms with Crippen LogP contribution in [0.4, 0.5) is 0 Å². The molecule has 0 saturated heterocycles. The van der Waals surface area contributed by atoms with Crippen LogP contribution in [0.1, 0.15) is 6.92 Å². The van der Waals surface area contributed by atoms with E-state index in [1.165, 1.54) is 14.2 Å². The van der Waals surface area contributed by atoms with Crippen molar-refractivity contribution in [3.8, 4) is 11.5 Å². The molecule has 112 valence electrons. The second-order valence-electron chi connectivity index (χ2n) is 5.76. The molecule has 0 spiro atoms. The molecule has 0 heterocycles. The van der Waals surface area contributed by atoms with Crippen LogP contribution in [0, 0.1) is 11.5 Å². The van der Waals surface area contributed by atoms with E-state index < -0.39 is 19.6 Å². The zero-order chi connectivity index (χ0) is 16.4. The van der Waals surface area contributed by atoms with Gasteiger partial charge in [-0.05, 0) is 12.5 Å². The number of Topliss-reactive ketones (excluding diaryl/α,β-unsaturated/α-hetero) is 2. The minimum Gasteiger partial charge on any atom is -0.489 e. The number of ketones is 2. The van der Waals surface area contributed by atoms with E-state index in [4.69, 9.17) is 9.47 Å². The molecule has 0 aromatic carbocycles. The first-order valence-corrected chi connectivity index (χ1v) is 9.99. The minimum atomic E-state index is -1.69. The van der Waals surface area contributed by atoms with Crippen LogP contribution in [-0.2, 0) is 19.1 Å². The molecule has 0 aromatic heterocycles. The Morgan fingerprint density at radius 2 is 1.52 bits per heavy atom. The predicted octanol–water partition coefficient (Wildman–Crippen LogP) is 2.40. The summed E-state index contributed by atoms with van der Waals surface area (Å²) < 4.78 is 10.1. The van der Waals surface area contributed by atoms with E-state index in [-0.39, 0.29) is 22.7 Å². The molecule has 0 bridgehead atoms. The van der Waals surface area contributed by atoms with Crippen molar-refractivity contribution in [2.75, 3.05) is 14.2 Å². The first kappa shape index (κ1) is 17.0. The maximum atomic E-state index is 12.5. The highest BCUT2D eigenvalue weighted by molar-refractivity contribution is 6.84. The lowest BCUT2D eigenvalue weighted by Crippen LogP contribution is -2.26. The summed E-state index contributed by atoms with van der Waals surface area (Å²) in [7, 11) is 0.965. The fraction of sp³-hybridized carbons (Fsp3) is 0.375. The summed E-state index contributed by atoms with van der Waals surface area (Å²) in [6.07, 6.45) is 0. The molecule has 0 amide bonds. The van der Waals surface area contributed by atoms with Gasteiger partial charge in [-0.25, -0.2) is 0 Å². The van der Waals surface area contributed by atoms with E-state index >= 15 is 0 Å². The van der Waals surface area contributed by atoms with Crippen LogP contribution in [0.2, 0.25) is 19.6 Å². The summed E-state index contributed by atoms with van der Waals surface area (Å²) in [5.41, 5.74) is 3.94. The van der Waals surface area contributed by atoms with Gasteiger partial charge in [0.05, 0.1) is 19.8 Å². The smallest absolute Gasteiger partial charge is 0.240 e. The van der Waals surface area contributed by atoms with Crippen molar-refractivity contribution in [3.63, 3.8) is 0 Å². The molecular weight excluding hydrogens is 284 g/mol. The van der Waals surface area contributed by atoms with Crippen molar-refractivity contribution in [3.05, 3.63) is 34.8 Å². The molecule has 4 nitrogen and oxygen atoms in total. The van der Waals surface area contributed by atoms with Gasteiger partial charge in [0.15, 0.2) is 0 Å². The first-order valence-electron chi connectivity index (χ1n) is 6.49. The fourth-order valence-corrected chi connectivity index (χ4v) is 2.31. The molecule has 0 radical (unpaired) electrons. The largest absolute Gasteiger partial charge is 0.489 e. The van der Waals surface area contributed by atoms with Crippen molar-refractivity contribution in [2.45, 2.75) is 26.6 Å². The zero-order valence-corrected chi connectivity index (χ0v) is 14.3. The van der Waals surface area contributed by atoms with Crippen LogP contribution in [-0.4, -0.2) is 33.9 Å². The Kier molecular flexibility index (Phi) is 4.97. The summed E-state index contributed by atoms with van der Waals surface area (Å²) in [6, 6.07) is 0. The molecule has 0 unspecified atom stereocenters. The van der Waals surface area contributed by atoms with E-state index in [0.717, 1.165) is 0 Å². The summed E-state index contributed by atoms with van der Waals surface area (Å²) in [5.74, 6) is 1.82. The molecule has 0 N–H and O–H groups in total. The molecule has 21 heavy (non-hydrogen) atoms. The van der Waals surface area contributed by atoms with Gasteiger partial charge in [0, 0.05) is 5.57 Å². The second kappa shape index (κ2) is 6.14. The lowest BCUT2D eigenvalue weighted by atomic mass is 9.89. The van der Waals surface area contributed by atoms with Gasteiger partial charge in [0.2, 0.25) is 23.1 Å². The Hall–Kier alpha value is -2.06. The van der Waals surface area contributed by atoms with Crippen molar-refractivity contribution >= 4 is 19.6 Å². The number of ether oxygens (including phenoxy) is 2. The normalized spacial score (nSPS) is 15.7. The van der Waals surface area contributed by atoms with E-state index in [0.29, 0.717) is 5.57 Å². The molecule has 0 fully saturated rings. The molecule has 5 heteroatoms. The third-order valence-corrected chi connectivity index (χ3v) is 3.60. The lowest BCUT2D eigenvalue weighted by Gasteiger charge is -2.20. The predicted molar refractivity (Wildman–Crippen MR) is 84.0 cm³/mol. The number of carbonyl (C=O) groups is 2. The van der Waals surface area contributed by atoms with E-state index in [1.807, 2.05) is 0 Å². The SMILES string of the molecule is C=C(C)C1=C(C#C[Si](C)(C)C)C(=O)C(OC)=C(OC)C1=O. The van der Waals surface area contributed by atoms with E-state index in [2.05, 4.69) is 37.7 Å². The first-order chi connectivity index (χ1) is 9.64. The lowest BCUT2D eigenvalue weighted by molar-refractivity contribution is -0.120. The van der Waals surface area contributed by atoms with Crippen molar-refractivity contribution in [2.24, 2.45) is 0 Å². The number of carbonyl (C=O) groups excluding carboxylic acids is 2. The Morgan fingerprint density at radius 1 is 1.05 bits per heavy atom. The highest BCUT2D eigenvalue weighted by Crippen LogP contribution is 2.29. The standard InChI is InChI=1S/C16H20O4Si/c1-10(2)12-11(8-9-21(5,6)7)13(17)15(19-3)16(20-4)14(12)18/h1H2,2-7H3. The average Bonchev–Trinajstić information content (AvgIpc) is 2.36. The van der Waals surface area contributed by atoms with Gasteiger partial charge in [0.1, 0.15) is 8.07 Å². The molecule has 1 aliphatic rings. The van der Waals surface area contributed by atoms with Crippen molar-refractivity contribution < 1.29 is 19.1 Å². The van der Waals surface area contributed by atoms with Crippen LogP contribution in [0.3, 0.4) is 0 Å². The van der Waals surface area contributed by atoms with Crippen molar-refractivity contribution in [1.82, 2.24) is 0 Å². The highest BCUT2D eigenvalue weighted by atomic mass is 28.3. The van der Waals surface area contributed by atoms with Crippen LogP contribution in [0.5, 0.6) is 0 Å². The van der Waals surface area contributed by atoms with Gasteiger partial charge in [-0.2, -0.15) is 0 Å². The number of hydrogen-bond acceptors (Lipinski definition) is 4. The molecular formula is C16H20O4Si. The third kappa shape index (κ3) is 3.53. The van der Waals surface area contributed by atoms with Gasteiger partial charge in [0.25, 0.3) is 0 Å². The number of methoxy groups -OCH3 is 2. The van der Waals surface area contributed by atoms with Crippen LogP contribution in [0.15, 0.2) is 34.8 Å². The molecule has 1 aliphatic carbocycles. The van der Waals surface area contributed by atoms with Gasteiger partial charge in [-0.15, -0.1) is 5.54 Å². The topological polar surface area (TPSA) is 52.6 Å². The van der Waals surface area contributed by atoms with Gasteiger partial charge in [-0.3, -0.25) is 9.59 Å². The zero-order valence-electron chi connectivity index (χ0n) is 13.3. The van der Waals surface area contributed by atoms with Crippen molar-refractivity contribution in [1.29, 1.82) is 0 Å². The Balaban J connectivity index is 3.58. The van der Waals surface area contributed by atoms with Gasteiger partial charge < -0.3 is 9.47 Å². The van der Waals surface area contributed by atoms with Crippen LogP contribution in [0.25, 0.3) is 0 Å². The minimum absolute atomic E-state index is 0.0981. The maximum absolute atomic E-state index is 12.5. The molecule has 1 rings (SSSR count). The number of hydrogen-bond donors (Lipinski definition) is 0. The average molecular weight is 304 g/mol. The highest BCUT2D eigenvalue weighted by Gasteiger charge is 2.36. The summed E-state index contributed by atoms with van der Waals surface area (Å²) >= 11 is 0. The van der Waals surface area contributed by atoms with Crippen LogP contribution < -0.4 is 0 Å². The fourth-order valence-electron chi connectivity index (χ4n) is 1.81. The molecule has 0 saturated carbocycles.